The molecule has 0 aromatic carbocycles. The molecule has 0 aromatic rings. The van der Waals surface area contributed by atoms with Gasteiger partial charge in [-0.3, -0.25) is 9.69 Å². The topological polar surface area (TPSA) is 66.6 Å². The summed E-state index contributed by atoms with van der Waals surface area (Å²) < 4.78 is 0. The number of nitrogens with zero attached hydrogens (tertiary/aromatic N) is 1. The number of hydrogen-bond donors (Lipinski definition) is 2. The van der Waals surface area contributed by atoms with Crippen molar-refractivity contribution in [2.75, 3.05) is 13.1 Å². The van der Waals surface area contributed by atoms with Crippen LogP contribution in [0.5, 0.6) is 0 Å². The maximum Gasteiger partial charge on any atom is 0.323 e. The molecular formula is C13H26N2O2. The van der Waals surface area contributed by atoms with E-state index in [1.54, 1.807) is 0 Å². The van der Waals surface area contributed by atoms with Crippen LogP contribution in [0.15, 0.2) is 0 Å². The Hall–Kier alpha value is -0.610. The van der Waals surface area contributed by atoms with Crippen molar-refractivity contribution in [2.45, 2.75) is 64.0 Å². The lowest BCUT2D eigenvalue weighted by atomic mass is 9.91. The van der Waals surface area contributed by atoms with E-state index in [0.717, 1.165) is 19.5 Å². The summed E-state index contributed by atoms with van der Waals surface area (Å²) in [5.74, 6) is -0.874. The summed E-state index contributed by atoms with van der Waals surface area (Å²) in [7, 11) is 0. The van der Waals surface area contributed by atoms with E-state index in [9.17, 15) is 4.79 Å². The van der Waals surface area contributed by atoms with Gasteiger partial charge in [-0.25, -0.2) is 0 Å². The molecule has 0 aromatic heterocycles. The number of likely N-dealkylation sites (tertiary alicyclic amines) is 1. The highest BCUT2D eigenvalue weighted by Gasteiger charge is 2.34. The van der Waals surface area contributed by atoms with Crippen LogP contribution in [0.25, 0.3) is 0 Å². The van der Waals surface area contributed by atoms with Crippen molar-refractivity contribution >= 4 is 5.97 Å². The first-order chi connectivity index (χ1) is 7.82. The van der Waals surface area contributed by atoms with Gasteiger partial charge in [0, 0.05) is 5.54 Å². The van der Waals surface area contributed by atoms with E-state index in [0.29, 0.717) is 12.8 Å². The van der Waals surface area contributed by atoms with Crippen molar-refractivity contribution in [1.29, 1.82) is 0 Å². The SMILES string of the molecule is CCC(N)(CCCN1CCCC1(C)C)C(=O)O. The maximum atomic E-state index is 11.1. The Kier molecular flexibility index (Phi) is 4.55. The van der Waals surface area contributed by atoms with Crippen LogP contribution in [0.1, 0.15) is 52.9 Å². The third-order valence-corrected chi connectivity index (χ3v) is 4.18. The molecule has 4 heteroatoms. The summed E-state index contributed by atoms with van der Waals surface area (Å²) in [4.78, 5) is 13.5. The molecule has 1 aliphatic heterocycles. The van der Waals surface area contributed by atoms with Gasteiger partial charge in [0.15, 0.2) is 0 Å². The highest BCUT2D eigenvalue weighted by atomic mass is 16.4. The van der Waals surface area contributed by atoms with Crippen molar-refractivity contribution in [3.8, 4) is 0 Å². The molecule has 100 valence electrons. The first-order valence-corrected chi connectivity index (χ1v) is 6.59. The molecule has 1 heterocycles. The average Bonchev–Trinajstić information content (AvgIpc) is 2.57. The van der Waals surface area contributed by atoms with Gasteiger partial charge in [-0.1, -0.05) is 6.92 Å². The molecule has 1 atom stereocenters. The Bertz CT molecular complexity index is 279. The van der Waals surface area contributed by atoms with Gasteiger partial charge in [-0.15, -0.1) is 0 Å². The monoisotopic (exact) mass is 242 g/mol. The lowest BCUT2D eigenvalue weighted by Gasteiger charge is -2.32. The van der Waals surface area contributed by atoms with Gasteiger partial charge in [0.05, 0.1) is 0 Å². The number of carbonyl (C=O) groups is 1. The maximum absolute atomic E-state index is 11.1. The minimum atomic E-state index is -1.04. The van der Waals surface area contributed by atoms with E-state index in [-0.39, 0.29) is 5.54 Å². The van der Waals surface area contributed by atoms with Gasteiger partial charge < -0.3 is 10.8 Å². The van der Waals surface area contributed by atoms with E-state index < -0.39 is 11.5 Å². The fourth-order valence-electron chi connectivity index (χ4n) is 2.60. The molecule has 3 N–H and O–H groups in total. The summed E-state index contributed by atoms with van der Waals surface area (Å²) in [5, 5.41) is 9.09. The van der Waals surface area contributed by atoms with Crippen LogP contribution < -0.4 is 5.73 Å². The van der Waals surface area contributed by atoms with Crippen molar-refractivity contribution in [3.63, 3.8) is 0 Å². The Balaban J connectivity index is 2.39. The molecule has 0 spiro atoms. The van der Waals surface area contributed by atoms with Crippen molar-refractivity contribution in [3.05, 3.63) is 0 Å². The van der Waals surface area contributed by atoms with Gasteiger partial charge in [0.2, 0.25) is 0 Å². The van der Waals surface area contributed by atoms with Gasteiger partial charge in [0.25, 0.3) is 0 Å². The smallest absolute Gasteiger partial charge is 0.323 e. The Morgan fingerprint density at radius 3 is 2.59 bits per heavy atom. The number of carboxylic acid groups (broad SMARTS) is 1. The quantitative estimate of drug-likeness (QED) is 0.745. The molecule has 0 saturated carbocycles. The Morgan fingerprint density at radius 1 is 1.53 bits per heavy atom. The zero-order chi connectivity index (χ0) is 13.1. The zero-order valence-electron chi connectivity index (χ0n) is 11.3. The van der Waals surface area contributed by atoms with Crippen LogP contribution in [0, 0.1) is 0 Å². The molecule has 17 heavy (non-hydrogen) atoms. The van der Waals surface area contributed by atoms with E-state index in [2.05, 4.69) is 18.7 Å². The highest BCUT2D eigenvalue weighted by Crippen LogP contribution is 2.28. The predicted octanol–water partition coefficient (Wildman–Crippen LogP) is 1.83. The number of aliphatic carboxylic acids is 1. The van der Waals surface area contributed by atoms with E-state index in [1.807, 2.05) is 6.92 Å². The molecular weight excluding hydrogens is 216 g/mol. The van der Waals surface area contributed by atoms with Crippen LogP contribution in [-0.2, 0) is 4.79 Å². The van der Waals surface area contributed by atoms with Gasteiger partial charge >= 0.3 is 5.97 Å². The molecule has 4 nitrogen and oxygen atoms in total. The lowest BCUT2D eigenvalue weighted by Crippen LogP contribution is -2.48. The van der Waals surface area contributed by atoms with E-state index in [1.165, 1.54) is 12.8 Å². The number of rotatable bonds is 6. The first kappa shape index (κ1) is 14.5. The molecule has 0 radical (unpaired) electrons. The molecule has 1 unspecified atom stereocenters. The fourth-order valence-corrected chi connectivity index (χ4v) is 2.60. The molecule has 1 rings (SSSR count). The second-order valence-corrected chi connectivity index (χ2v) is 5.82. The van der Waals surface area contributed by atoms with Gasteiger partial charge in [0.1, 0.15) is 5.54 Å². The minimum absolute atomic E-state index is 0.271. The lowest BCUT2D eigenvalue weighted by molar-refractivity contribution is -0.143. The third kappa shape index (κ3) is 3.42. The van der Waals surface area contributed by atoms with Crippen molar-refractivity contribution < 1.29 is 9.90 Å². The number of carboxylic acids is 1. The predicted molar refractivity (Wildman–Crippen MR) is 69.0 cm³/mol. The normalized spacial score (nSPS) is 23.5. The average molecular weight is 242 g/mol. The highest BCUT2D eigenvalue weighted by molar-refractivity contribution is 5.78. The number of hydrogen-bond acceptors (Lipinski definition) is 3. The molecule has 0 bridgehead atoms. The molecule has 0 amide bonds. The van der Waals surface area contributed by atoms with Crippen molar-refractivity contribution in [1.82, 2.24) is 4.90 Å². The summed E-state index contributed by atoms with van der Waals surface area (Å²) in [6.07, 6.45) is 4.39. The second kappa shape index (κ2) is 5.36. The van der Waals surface area contributed by atoms with Crippen LogP contribution >= 0.6 is 0 Å². The Labute approximate surface area is 104 Å². The summed E-state index contributed by atoms with van der Waals surface area (Å²) in [5.41, 5.74) is 5.11. The molecule has 1 saturated heterocycles. The number of nitrogens with two attached hydrogens (primary N) is 1. The van der Waals surface area contributed by atoms with Crippen LogP contribution in [0.4, 0.5) is 0 Å². The standard InChI is InChI=1S/C13H26N2O2/c1-4-13(14,11(16)17)8-6-10-15-9-5-7-12(15,2)3/h4-10,14H2,1-3H3,(H,16,17). The first-order valence-electron chi connectivity index (χ1n) is 6.59. The fraction of sp³-hybridized carbons (Fsp3) is 0.923. The van der Waals surface area contributed by atoms with Crippen LogP contribution in [0.3, 0.4) is 0 Å². The van der Waals surface area contributed by atoms with Crippen LogP contribution in [-0.4, -0.2) is 40.1 Å². The minimum Gasteiger partial charge on any atom is -0.480 e. The van der Waals surface area contributed by atoms with E-state index in [4.69, 9.17) is 10.8 Å². The van der Waals surface area contributed by atoms with Crippen LogP contribution in [0.2, 0.25) is 0 Å². The van der Waals surface area contributed by atoms with Gasteiger partial charge in [-0.05, 0) is 59.0 Å². The second-order valence-electron chi connectivity index (χ2n) is 5.82. The van der Waals surface area contributed by atoms with Crippen molar-refractivity contribution in [2.24, 2.45) is 5.73 Å². The van der Waals surface area contributed by atoms with Gasteiger partial charge in [-0.2, -0.15) is 0 Å². The zero-order valence-corrected chi connectivity index (χ0v) is 11.3. The molecule has 1 fully saturated rings. The third-order valence-electron chi connectivity index (χ3n) is 4.18. The Morgan fingerprint density at radius 2 is 2.18 bits per heavy atom. The molecule has 0 aliphatic carbocycles. The summed E-state index contributed by atoms with van der Waals surface area (Å²) in [6.45, 7) is 8.44. The summed E-state index contributed by atoms with van der Waals surface area (Å²) >= 11 is 0. The largest absolute Gasteiger partial charge is 0.480 e. The summed E-state index contributed by atoms with van der Waals surface area (Å²) in [6, 6.07) is 0. The van der Waals surface area contributed by atoms with E-state index >= 15 is 0 Å². The molecule has 1 aliphatic rings.